The largest absolute Gasteiger partial charge is 0.475 e. The molecule has 0 saturated carbocycles. The summed E-state index contributed by atoms with van der Waals surface area (Å²) in [5.74, 6) is -0.522. The van der Waals surface area contributed by atoms with E-state index in [2.05, 4.69) is 30.1 Å². The minimum absolute atomic E-state index is 0.0521. The molecule has 2 aromatic carbocycles. The number of rotatable bonds is 6. The summed E-state index contributed by atoms with van der Waals surface area (Å²) in [5, 5.41) is 10.1. The number of hydrogen-bond donors (Lipinski definition) is 1. The van der Waals surface area contributed by atoms with Gasteiger partial charge in [-0.05, 0) is 42.3 Å². The Balaban J connectivity index is 1.65. The Hall–Kier alpha value is -3.60. The van der Waals surface area contributed by atoms with Gasteiger partial charge in [0.1, 0.15) is 5.76 Å². The van der Waals surface area contributed by atoms with Crippen LogP contribution in [0.15, 0.2) is 76.3 Å². The van der Waals surface area contributed by atoms with Gasteiger partial charge in [0.25, 0.3) is 0 Å². The van der Waals surface area contributed by atoms with E-state index in [4.69, 9.17) is 9.52 Å². The van der Waals surface area contributed by atoms with Gasteiger partial charge in [-0.1, -0.05) is 37.3 Å². The number of carboxylic acids is 1. The lowest BCUT2D eigenvalue weighted by molar-refractivity contribution is 0.0660. The number of benzene rings is 2. The van der Waals surface area contributed by atoms with Crippen LogP contribution in [0.1, 0.15) is 34.4 Å². The summed E-state index contributed by atoms with van der Waals surface area (Å²) in [7, 11) is 0. The monoisotopic (exact) mass is 372 g/mol. The topological polar surface area (TPSA) is 67.7 Å². The quantitative estimate of drug-likeness (QED) is 0.467. The van der Waals surface area contributed by atoms with Crippen molar-refractivity contribution in [3.8, 4) is 0 Å². The highest BCUT2D eigenvalue weighted by Crippen LogP contribution is 2.23. The van der Waals surface area contributed by atoms with Gasteiger partial charge in [0.05, 0.1) is 12.2 Å². The van der Waals surface area contributed by atoms with Gasteiger partial charge >= 0.3 is 5.97 Å². The number of hydrogen-bond acceptors (Lipinski definition) is 3. The smallest absolute Gasteiger partial charge is 0.371 e. The molecule has 0 bridgehead atoms. The Bertz CT molecular complexity index is 1150. The number of nitrogens with zero attached hydrogens (tertiary/aromatic N) is 2. The number of carbonyl (C=O) groups is 1. The van der Waals surface area contributed by atoms with Crippen molar-refractivity contribution in [3.63, 3.8) is 0 Å². The summed E-state index contributed by atoms with van der Waals surface area (Å²) in [4.78, 5) is 15.6. The highest BCUT2D eigenvalue weighted by atomic mass is 16.4. The van der Waals surface area contributed by atoms with E-state index in [1.165, 1.54) is 11.6 Å². The van der Waals surface area contributed by atoms with E-state index >= 15 is 0 Å². The zero-order chi connectivity index (χ0) is 19.5. The third kappa shape index (κ3) is 3.60. The Kier molecular flexibility index (Phi) is 4.81. The van der Waals surface area contributed by atoms with Crippen LogP contribution in [-0.4, -0.2) is 21.9 Å². The second-order valence-corrected chi connectivity index (χ2v) is 6.58. The van der Waals surface area contributed by atoms with Gasteiger partial charge in [-0.15, -0.1) is 0 Å². The first-order valence-corrected chi connectivity index (χ1v) is 9.17. The minimum Gasteiger partial charge on any atom is -0.475 e. The average Bonchev–Trinajstić information content (AvgIpc) is 3.33. The number of aromatic nitrogens is 1. The van der Waals surface area contributed by atoms with E-state index in [0.717, 1.165) is 28.6 Å². The molecule has 0 aliphatic carbocycles. The first kappa shape index (κ1) is 17.8. The van der Waals surface area contributed by atoms with Crippen LogP contribution in [0.5, 0.6) is 0 Å². The van der Waals surface area contributed by atoms with Crippen molar-refractivity contribution in [2.75, 3.05) is 0 Å². The lowest BCUT2D eigenvalue weighted by Gasteiger charge is -2.02. The minimum atomic E-state index is -1.06. The lowest BCUT2D eigenvalue weighted by atomic mass is 10.1. The van der Waals surface area contributed by atoms with Crippen LogP contribution in [0.2, 0.25) is 0 Å². The molecule has 2 heterocycles. The second kappa shape index (κ2) is 7.56. The van der Waals surface area contributed by atoms with E-state index in [1.807, 2.05) is 47.3 Å². The predicted molar refractivity (Wildman–Crippen MR) is 110 cm³/mol. The molecule has 0 spiro atoms. The number of aliphatic imine (C=N–C) groups is 1. The Labute approximate surface area is 162 Å². The van der Waals surface area contributed by atoms with Crippen LogP contribution in [0.3, 0.4) is 0 Å². The number of aryl methyl sites for hydroxylation is 1. The van der Waals surface area contributed by atoms with Gasteiger partial charge in [0.2, 0.25) is 5.76 Å². The Morgan fingerprint density at radius 1 is 1.11 bits per heavy atom. The number of furan rings is 1. The lowest BCUT2D eigenvalue weighted by Crippen LogP contribution is -1.97. The second-order valence-electron chi connectivity index (χ2n) is 6.58. The van der Waals surface area contributed by atoms with E-state index in [-0.39, 0.29) is 5.76 Å². The number of para-hydroxylation sites is 1. The zero-order valence-corrected chi connectivity index (χ0v) is 15.5. The maximum atomic E-state index is 11.0. The molecule has 5 nitrogen and oxygen atoms in total. The van der Waals surface area contributed by atoms with Crippen LogP contribution in [0, 0.1) is 0 Å². The molecule has 1 N–H and O–H groups in total. The Morgan fingerprint density at radius 2 is 1.89 bits per heavy atom. The van der Waals surface area contributed by atoms with Crippen molar-refractivity contribution in [1.29, 1.82) is 0 Å². The number of carboxylic acid groups (broad SMARTS) is 1. The fourth-order valence-electron chi connectivity index (χ4n) is 3.22. The third-order valence-corrected chi connectivity index (χ3v) is 4.72. The maximum Gasteiger partial charge on any atom is 0.371 e. The highest BCUT2D eigenvalue weighted by Gasteiger charge is 2.12. The molecule has 0 radical (unpaired) electrons. The molecule has 0 aliphatic rings. The van der Waals surface area contributed by atoms with Crippen LogP contribution in [0.4, 0.5) is 5.69 Å². The summed E-state index contributed by atoms with van der Waals surface area (Å²) < 4.78 is 7.45. The predicted octanol–water partition coefficient (Wildman–Crippen LogP) is 5.29. The molecule has 0 aliphatic heterocycles. The van der Waals surface area contributed by atoms with Crippen LogP contribution < -0.4 is 0 Å². The van der Waals surface area contributed by atoms with Gasteiger partial charge in [-0.2, -0.15) is 0 Å². The molecule has 0 fully saturated rings. The normalized spacial score (nSPS) is 11.5. The van der Waals surface area contributed by atoms with Gasteiger partial charge in [0.15, 0.2) is 0 Å². The van der Waals surface area contributed by atoms with Gasteiger partial charge in [-0.25, -0.2) is 4.79 Å². The van der Waals surface area contributed by atoms with Crippen molar-refractivity contribution >= 4 is 28.8 Å². The molecule has 0 saturated heterocycles. The van der Waals surface area contributed by atoms with Crippen molar-refractivity contribution in [2.45, 2.75) is 19.9 Å². The maximum absolute atomic E-state index is 11.0. The molecule has 140 valence electrons. The van der Waals surface area contributed by atoms with Crippen molar-refractivity contribution < 1.29 is 14.3 Å². The number of fused-ring (bicyclic) bond motifs is 1. The van der Waals surface area contributed by atoms with E-state index in [0.29, 0.717) is 12.3 Å². The van der Waals surface area contributed by atoms with E-state index in [9.17, 15) is 4.79 Å². The first-order valence-electron chi connectivity index (χ1n) is 9.17. The number of aromatic carboxylic acids is 1. The Morgan fingerprint density at radius 3 is 2.61 bits per heavy atom. The molecular weight excluding hydrogens is 352 g/mol. The summed E-state index contributed by atoms with van der Waals surface area (Å²) in [6, 6.07) is 19.5. The van der Waals surface area contributed by atoms with Gasteiger partial charge in [-0.3, -0.25) is 4.99 Å². The molecule has 4 aromatic rings. The van der Waals surface area contributed by atoms with Crippen LogP contribution in [0.25, 0.3) is 10.9 Å². The molecule has 28 heavy (non-hydrogen) atoms. The molecular formula is C23H20N2O3. The molecule has 2 aromatic heterocycles. The fraction of sp³-hybridized carbons (Fsp3) is 0.130. The summed E-state index contributed by atoms with van der Waals surface area (Å²) >= 11 is 0. The van der Waals surface area contributed by atoms with Crippen LogP contribution >= 0.6 is 0 Å². The summed E-state index contributed by atoms with van der Waals surface area (Å²) in [5.41, 5.74) is 4.24. The third-order valence-electron chi connectivity index (χ3n) is 4.72. The molecule has 0 unspecified atom stereocenters. The standard InChI is InChI=1S/C23H20N2O3/c1-2-16-7-9-18(10-8-16)24-13-17-14-25(21-6-4-3-5-20(17)21)15-19-11-12-22(28-19)23(26)27/h3-14H,2,15H2,1H3,(H,26,27). The fourth-order valence-corrected chi connectivity index (χ4v) is 3.22. The molecule has 0 atom stereocenters. The van der Waals surface area contributed by atoms with Crippen molar-refractivity contribution in [1.82, 2.24) is 4.57 Å². The molecule has 0 amide bonds. The first-order chi connectivity index (χ1) is 13.6. The molecule has 5 heteroatoms. The van der Waals surface area contributed by atoms with Crippen molar-refractivity contribution in [2.24, 2.45) is 4.99 Å². The average molecular weight is 372 g/mol. The molecule has 4 rings (SSSR count). The van der Waals surface area contributed by atoms with E-state index < -0.39 is 5.97 Å². The zero-order valence-electron chi connectivity index (χ0n) is 15.5. The van der Waals surface area contributed by atoms with Crippen LogP contribution in [-0.2, 0) is 13.0 Å². The highest BCUT2D eigenvalue weighted by molar-refractivity contribution is 6.00. The van der Waals surface area contributed by atoms with Gasteiger partial charge < -0.3 is 14.1 Å². The van der Waals surface area contributed by atoms with E-state index in [1.54, 1.807) is 6.07 Å². The van der Waals surface area contributed by atoms with Crippen molar-refractivity contribution in [3.05, 3.63) is 89.5 Å². The summed E-state index contributed by atoms with van der Waals surface area (Å²) in [6.07, 6.45) is 4.88. The van der Waals surface area contributed by atoms with Gasteiger partial charge in [0, 0.05) is 28.9 Å². The summed E-state index contributed by atoms with van der Waals surface area (Å²) in [6.45, 7) is 2.58. The SMILES string of the molecule is CCc1ccc(N=Cc2cn(Cc3ccc(C(=O)O)o3)c3ccccc23)cc1.